The topological polar surface area (TPSA) is 84.5 Å². The number of nitrogens with one attached hydrogen (secondary N) is 1. The zero-order valence-corrected chi connectivity index (χ0v) is 8.45. The highest BCUT2D eigenvalue weighted by Gasteiger charge is 1.99. The number of hydrogen-bond acceptors (Lipinski definition) is 2. The summed E-state index contributed by atoms with van der Waals surface area (Å²) in [7, 11) is -3.44. The summed E-state index contributed by atoms with van der Waals surface area (Å²) in [5.41, 5.74) is 6.04. The number of guanidine groups is 1. The SMILES string of the molecule is CS(=O)(=O)/N=C(\N)Nc1ccccc1. The van der Waals surface area contributed by atoms with Crippen LogP contribution < -0.4 is 11.1 Å². The molecule has 0 fully saturated rings. The first-order valence-corrected chi connectivity index (χ1v) is 5.70. The standard InChI is InChI=1S/C8H11N3O2S/c1-14(12,13)11-8(9)10-7-5-3-2-4-6-7/h2-6H,1H3,(H3,9,10,11). The molecule has 0 bridgehead atoms. The van der Waals surface area contributed by atoms with Crippen molar-refractivity contribution >= 4 is 21.7 Å². The van der Waals surface area contributed by atoms with E-state index in [0.29, 0.717) is 5.69 Å². The van der Waals surface area contributed by atoms with Crippen molar-refractivity contribution in [2.24, 2.45) is 10.1 Å². The van der Waals surface area contributed by atoms with E-state index in [1.54, 1.807) is 24.3 Å². The van der Waals surface area contributed by atoms with Gasteiger partial charge in [0, 0.05) is 5.69 Å². The minimum Gasteiger partial charge on any atom is -0.369 e. The Morgan fingerprint density at radius 3 is 2.43 bits per heavy atom. The Labute approximate surface area is 82.7 Å². The Balaban J connectivity index is 2.77. The average molecular weight is 213 g/mol. The fourth-order valence-electron chi connectivity index (χ4n) is 0.871. The lowest BCUT2D eigenvalue weighted by atomic mass is 10.3. The second-order valence-corrected chi connectivity index (χ2v) is 4.35. The van der Waals surface area contributed by atoms with Crippen LogP contribution in [0.2, 0.25) is 0 Å². The van der Waals surface area contributed by atoms with Crippen molar-refractivity contribution in [3.8, 4) is 0 Å². The second-order valence-electron chi connectivity index (χ2n) is 2.70. The van der Waals surface area contributed by atoms with Crippen LogP contribution in [0, 0.1) is 0 Å². The van der Waals surface area contributed by atoms with Crippen molar-refractivity contribution in [2.45, 2.75) is 0 Å². The van der Waals surface area contributed by atoms with Gasteiger partial charge in [0.25, 0.3) is 10.0 Å². The smallest absolute Gasteiger partial charge is 0.253 e. The zero-order valence-electron chi connectivity index (χ0n) is 7.64. The summed E-state index contributed by atoms with van der Waals surface area (Å²) >= 11 is 0. The Bertz CT molecular complexity index is 425. The number of para-hydroxylation sites is 1. The maximum absolute atomic E-state index is 10.7. The van der Waals surface area contributed by atoms with Crippen molar-refractivity contribution in [3.63, 3.8) is 0 Å². The number of anilines is 1. The van der Waals surface area contributed by atoms with E-state index in [1.165, 1.54) is 0 Å². The predicted octanol–water partition coefficient (Wildman–Crippen LogP) is 0.373. The van der Waals surface area contributed by atoms with Gasteiger partial charge in [0.05, 0.1) is 6.26 Å². The molecule has 0 radical (unpaired) electrons. The molecule has 14 heavy (non-hydrogen) atoms. The summed E-state index contributed by atoms with van der Waals surface area (Å²) in [6, 6.07) is 8.95. The molecule has 0 unspecified atom stereocenters. The molecule has 6 heteroatoms. The Morgan fingerprint density at radius 1 is 1.36 bits per heavy atom. The van der Waals surface area contributed by atoms with Crippen LogP contribution in [0.5, 0.6) is 0 Å². The zero-order chi connectivity index (χ0) is 10.6. The van der Waals surface area contributed by atoms with E-state index in [0.717, 1.165) is 6.26 Å². The van der Waals surface area contributed by atoms with Gasteiger partial charge in [0.2, 0.25) is 5.96 Å². The normalized spacial score (nSPS) is 12.5. The van der Waals surface area contributed by atoms with Crippen LogP contribution in [0.4, 0.5) is 5.69 Å². The van der Waals surface area contributed by atoms with Crippen LogP contribution in [-0.2, 0) is 10.0 Å². The van der Waals surface area contributed by atoms with Crippen molar-refractivity contribution in [2.75, 3.05) is 11.6 Å². The summed E-state index contributed by atoms with van der Waals surface area (Å²) in [6.07, 6.45) is 0.979. The van der Waals surface area contributed by atoms with Crippen molar-refractivity contribution in [1.29, 1.82) is 0 Å². The molecular weight excluding hydrogens is 202 g/mol. The summed E-state index contributed by atoms with van der Waals surface area (Å²) in [6.45, 7) is 0. The van der Waals surface area contributed by atoms with E-state index in [-0.39, 0.29) is 5.96 Å². The number of sulfonamides is 1. The fraction of sp³-hybridized carbons (Fsp3) is 0.125. The monoisotopic (exact) mass is 213 g/mol. The molecule has 0 atom stereocenters. The third-order valence-corrected chi connectivity index (χ3v) is 1.84. The van der Waals surface area contributed by atoms with Gasteiger partial charge in [0.1, 0.15) is 0 Å². The number of benzene rings is 1. The molecule has 0 aliphatic carbocycles. The van der Waals surface area contributed by atoms with E-state index in [2.05, 4.69) is 9.71 Å². The van der Waals surface area contributed by atoms with E-state index >= 15 is 0 Å². The first-order valence-electron chi connectivity index (χ1n) is 3.85. The molecular formula is C8H11N3O2S. The lowest BCUT2D eigenvalue weighted by molar-refractivity contribution is 0.603. The summed E-state index contributed by atoms with van der Waals surface area (Å²) < 4.78 is 24.7. The molecule has 3 N–H and O–H groups in total. The highest BCUT2D eigenvalue weighted by molar-refractivity contribution is 7.89. The highest BCUT2D eigenvalue weighted by atomic mass is 32.2. The van der Waals surface area contributed by atoms with E-state index in [4.69, 9.17) is 5.73 Å². The summed E-state index contributed by atoms with van der Waals surface area (Å²) in [4.78, 5) is 0. The van der Waals surface area contributed by atoms with Crippen LogP contribution in [0.1, 0.15) is 0 Å². The molecule has 0 saturated carbocycles. The molecule has 1 aromatic carbocycles. The van der Waals surface area contributed by atoms with Crippen LogP contribution in [-0.4, -0.2) is 20.6 Å². The molecule has 0 aliphatic heterocycles. The number of nitrogens with zero attached hydrogens (tertiary/aromatic N) is 1. The molecule has 1 rings (SSSR count). The van der Waals surface area contributed by atoms with Gasteiger partial charge in [-0.15, -0.1) is 4.40 Å². The first kappa shape index (κ1) is 10.5. The minimum atomic E-state index is -3.44. The third kappa shape index (κ3) is 3.90. The molecule has 0 saturated heterocycles. The quantitative estimate of drug-likeness (QED) is 0.549. The van der Waals surface area contributed by atoms with Crippen LogP contribution in [0.25, 0.3) is 0 Å². The maximum Gasteiger partial charge on any atom is 0.253 e. The number of nitrogens with two attached hydrogens (primary N) is 1. The van der Waals surface area contributed by atoms with Gasteiger partial charge in [-0.25, -0.2) is 8.42 Å². The van der Waals surface area contributed by atoms with Crippen molar-refractivity contribution < 1.29 is 8.42 Å². The molecule has 0 aromatic heterocycles. The van der Waals surface area contributed by atoms with Gasteiger partial charge in [0.15, 0.2) is 0 Å². The number of rotatable bonds is 2. The Hall–Kier alpha value is -1.56. The second kappa shape index (κ2) is 4.10. The molecule has 0 spiro atoms. The highest BCUT2D eigenvalue weighted by Crippen LogP contribution is 2.03. The fourth-order valence-corrected chi connectivity index (χ4v) is 1.27. The van der Waals surface area contributed by atoms with Crippen LogP contribution in [0.3, 0.4) is 0 Å². The Kier molecular flexibility index (Phi) is 3.08. The minimum absolute atomic E-state index is 0.140. The van der Waals surface area contributed by atoms with Gasteiger partial charge >= 0.3 is 0 Å². The van der Waals surface area contributed by atoms with Crippen LogP contribution >= 0.6 is 0 Å². The van der Waals surface area contributed by atoms with Gasteiger partial charge in [-0.1, -0.05) is 18.2 Å². The lowest BCUT2D eigenvalue weighted by Gasteiger charge is -2.03. The molecule has 0 heterocycles. The van der Waals surface area contributed by atoms with E-state index in [9.17, 15) is 8.42 Å². The first-order chi connectivity index (χ1) is 6.47. The van der Waals surface area contributed by atoms with Crippen molar-refractivity contribution in [3.05, 3.63) is 30.3 Å². The largest absolute Gasteiger partial charge is 0.369 e. The van der Waals surface area contributed by atoms with E-state index in [1.807, 2.05) is 6.07 Å². The maximum atomic E-state index is 10.7. The van der Waals surface area contributed by atoms with Gasteiger partial charge in [-0.2, -0.15) is 0 Å². The summed E-state index contributed by atoms with van der Waals surface area (Å²) in [5.74, 6) is -0.140. The van der Waals surface area contributed by atoms with Crippen LogP contribution in [0.15, 0.2) is 34.7 Å². The molecule has 76 valence electrons. The van der Waals surface area contributed by atoms with Gasteiger partial charge in [-0.3, -0.25) is 0 Å². The molecule has 0 aliphatic rings. The third-order valence-electron chi connectivity index (χ3n) is 1.31. The average Bonchev–Trinajstić information content (AvgIpc) is 2.02. The van der Waals surface area contributed by atoms with Crippen molar-refractivity contribution in [1.82, 2.24) is 0 Å². The Morgan fingerprint density at radius 2 is 1.93 bits per heavy atom. The van der Waals surface area contributed by atoms with E-state index < -0.39 is 10.0 Å². The molecule has 0 amide bonds. The lowest BCUT2D eigenvalue weighted by Crippen LogP contribution is -2.23. The summed E-state index contributed by atoms with van der Waals surface area (Å²) in [5, 5.41) is 2.65. The van der Waals surface area contributed by atoms with Gasteiger partial charge < -0.3 is 11.1 Å². The number of hydrogen-bond donors (Lipinski definition) is 2. The predicted molar refractivity (Wildman–Crippen MR) is 56.5 cm³/mol. The molecule has 1 aromatic rings. The molecule has 5 nitrogen and oxygen atoms in total. The van der Waals surface area contributed by atoms with Gasteiger partial charge in [-0.05, 0) is 12.1 Å².